The van der Waals surface area contributed by atoms with Gasteiger partial charge in [0.05, 0.1) is 12.1 Å². The maximum atomic E-state index is 12.4. The van der Waals surface area contributed by atoms with E-state index < -0.39 is 6.10 Å². The average Bonchev–Trinajstić information content (AvgIpc) is 3.14. The van der Waals surface area contributed by atoms with Crippen molar-refractivity contribution in [2.75, 3.05) is 12.4 Å². The molecule has 2 aromatic rings. The number of amides is 2. The van der Waals surface area contributed by atoms with Crippen molar-refractivity contribution in [1.82, 2.24) is 4.90 Å². The summed E-state index contributed by atoms with van der Waals surface area (Å²) in [5.74, 6) is 0.766. The second-order valence-corrected chi connectivity index (χ2v) is 7.38. The molecule has 0 saturated heterocycles. The van der Waals surface area contributed by atoms with Crippen LogP contribution in [0.1, 0.15) is 30.6 Å². The van der Waals surface area contributed by atoms with Crippen molar-refractivity contribution in [2.24, 2.45) is 0 Å². The average molecular weight is 360 g/mol. The summed E-state index contributed by atoms with van der Waals surface area (Å²) in [6.45, 7) is 0.547. The molecule has 1 aromatic carbocycles. The molecule has 1 fully saturated rings. The highest BCUT2D eigenvalue weighted by Crippen LogP contribution is 2.23. The molecule has 6 heteroatoms. The number of hydrogen-bond donors (Lipinski definition) is 2. The van der Waals surface area contributed by atoms with Gasteiger partial charge in [-0.25, -0.2) is 4.79 Å². The first kappa shape index (κ1) is 17.8. The van der Waals surface area contributed by atoms with Crippen LogP contribution in [0.3, 0.4) is 0 Å². The first-order valence-electron chi connectivity index (χ1n) is 8.60. The summed E-state index contributed by atoms with van der Waals surface area (Å²) in [5, 5.41) is 15.0. The molecule has 0 radical (unpaired) electrons. The maximum Gasteiger partial charge on any atom is 0.321 e. The molecule has 1 aliphatic rings. The molecule has 0 aliphatic heterocycles. The summed E-state index contributed by atoms with van der Waals surface area (Å²) in [4.78, 5) is 15.2. The molecule has 0 spiro atoms. The standard InChI is InChI=1S/C19H24N2O3S/c1-21(17-6-2-3-7-18(17)22)19(23)20-14-8-10-15(11-9-14)24-13-16-5-4-12-25-16/h4-5,8-12,17-18,22H,2-3,6-7,13H2,1H3,(H,20,23)/t17-,18+/m1/s1. The number of anilines is 1. The minimum atomic E-state index is -0.433. The van der Waals surface area contributed by atoms with E-state index in [-0.39, 0.29) is 12.1 Å². The molecule has 2 N–H and O–H groups in total. The highest BCUT2D eigenvalue weighted by atomic mass is 32.1. The summed E-state index contributed by atoms with van der Waals surface area (Å²) in [6, 6.07) is 11.1. The summed E-state index contributed by atoms with van der Waals surface area (Å²) in [5.41, 5.74) is 0.714. The number of carbonyl (C=O) groups is 1. The number of nitrogens with zero attached hydrogens (tertiary/aromatic N) is 1. The van der Waals surface area contributed by atoms with E-state index in [1.54, 1.807) is 23.3 Å². The molecule has 3 rings (SSSR count). The van der Waals surface area contributed by atoms with Gasteiger partial charge in [-0.2, -0.15) is 0 Å². The third-order valence-corrected chi connectivity index (χ3v) is 5.43. The zero-order valence-corrected chi connectivity index (χ0v) is 15.2. The lowest BCUT2D eigenvalue weighted by atomic mass is 9.92. The fraction of sp³-hybridized carbons (Fsp3) is 0.421. The third-order valence-electron chi connectivity index (χ3n) is 4.58. The predicted octanol–water partition coefficient (Wildman–Crippen LogP) is 4.09. The number of hydrogen-bond acceptors (Lipinski definition) is 4. The van der Waals surface area contributed by atoms with Gasteiger partial charge in [0.1, 0.15) is 12.4 Å². The molecule has 0 bridgehead atoms. The second-order valence-electron chi connectivity index (χ2n) is 6.35. The van der Waals surface area contributed by atoms with E-state index in [1.165, 1.54) is 4.88 Å². The number of benzene rings is 1. The molecule has 134 valence electrons. The van der Waals surface area contributed by atoms with Crippen LogP contribution < -0.4 is 10.1 Å². The topological polar surface area (TPSA) is 61.8 Å². The van der Waals surface area contributed by atoms with Crippen LogP contribution in [0.4, 0.5) is 10.5 Å². The Labute approximate surface area is 152 Å². The van der Waals surface area contributed by atoms with Gasteiger partial charge in [0.2, 0.25) is 0 Å². The van der Waals surface area contributed by atoms with Crippen molar-refractivity contribution in [2.45, 2.75) is 44.4 Å². The van der Waals surface area contributed by atoms with Crippen molar-refractivity contribution in [3.05, 3.63) is 46.7 Å². The van der Waals surface area contributed by atoms with Crippen molar-refractivity contribution < 1.29 is 14.6 Å². The predicted molar refractivity (Wildman–Crippen MR) is 100 cm³/mol. The number of likely N-dealkylation sites (N-methyl/N-ethyl adjacent to an activating group) is 1. The van der Waals surface area contributed by atoms with Gasteiger partial charge in [0, 0.05) is 17.6 Å². The summed E-state index contributed by atoms with van der Waals surface area (Å²) in [7, 11) is 1.74. The normalized spacial score (nSPS) is 20.1. The number of rotatable bonds is 5. The van der Waals surface area contributed by atoms with E-state index in [0.717, 1.165) is 31.4 Å². The van der Waals surface area contributed by atoms with Crippen molar-refractivity contribution >= 4 is 23.1 Å². The zero-order chi connectivity index (χ0) is 17.6. The lowest BCUT2D eigenvalue weighted by Gasteiger charge is -2.35. The number of thiophene rings is 1. The van der Waals surface area contributed by atoms with Crippen molar-refractivity contribution in [1.29, 1.82) is 0 Å². The second kappa shape index (κ2) is 8.36. The highest BCUT2D eigenvalue weighted by molar-refractivity contribution is 7.09. The fourth-order valence-corrected chi connectivity index (χ4v) is 3.71. The molecular weight excluding hydrogens is 336 g/mol. The van der Waals surface area contributed by atoms with E-state index in [1.807, 2.05) is 41.8 Å². The minimum Gasteiger partial charge on any atom is -0.488 e. The monoisotopic (exact) mass is 360 g/mol. The van der Waals surface area contributed by atoms with Gasteiger partial charge in [0.25, 0.3) is 0 Å². The maximum absolute atomic E-state index is 12.4. The van der Waals surface area contributed by atoms with Crippen molar-refractivity contribution in [3.8, 4) is 5.75 Å². The first-order chi connectivity index (χ1) is 12.1. The Morgan fingerprint density at radius 2 is 2.04 bits per heavy atom. The van der Waals surface area contributed by atoms with Gasteiger partial charge in [-0.05, 0) is 48.6 Å². The van der Waals surface area contributed by atoms with Crippen LogP contribution in [0.2, 0.25) is 0 Å². The van der Waals surface area contributed by atoms with Crippen LogP contribution in [0, 0.1) is 0 Å². The number of urea groups is 1. The van der Waals surface area contributed by atoms with Gasteiger partial charge in [-0.3, -0.25) is 0 Å². The number of carbonyl (C=O) groups excluding carboxylic acids is 1. The Balaban J connectivity index is 1.52. The van der Waals surface area contributed by atoms with E-state index in [2.05, 4.69) is 5.32 Å². The number of ether oxygens (including phenoxy) is 1. The molecule has 1 saturated carbocycles. The molecular formula is C19H24N2O3S. The lowest BCUT2D eigenvalue weighted by Crippen LogP contribution is -2.47. The summed E-state index contributed by atoms with van der Waals surface area (Å²) >= 11 is 1.66. The van der Waals surface area contributed by atoms with Crippen LogP contribution in [-0.2, 0) is 6.61 Å². The quantitative estimate of drug-likeness (QED) is 0.844. The Kier molecular flexibility index (Phi) is 5.94. The molecule has 25 heavy (non-hydrogen) atoms. The minimum absolute atomic E-state index is 0.109. The summed E-state index contributed by atoms with van der Waals surface area (Å²) in [6.07, 6.45) is 3.26. The molecule has 1 aliphatic carbocycles. The molecule has 2 atom stereocenters. The van der Waals surface area contributed by atoms with Gasteiger partial charge in [-0.1, -0.05) is 18.9 Å². The largest absolute Gasteiger partial charge is 0.488 e. The van der Waals surface area contributed by atoms with E-state index in [0.29, 0.717) is 12.3 Å². The van der Waals surface area contributed by atoms with E-state index in [9.17, 15) is 9.90 Å². The SMILES string of the molecule is CN(C(=O)Nc1ccc(OCc2cccs2)cc1)[C@@H]1CCCC[C@@H]1O. The molecule has 0 unspecified atom stereocenters. The molecule has 1 aromatic heterocycles. The van der Waals surface area contributed by atoms with Crippen molar-refractivity contribution in [3.63, 3.8) is 0 Å². The Bertz CT molecular complexity index is 672. The van der Waals surface area contributed by atoms with Gasteiger partial charge < -0.3 is 20.1 Å². The van der Waals surface area contributed by atoms with Crippen LogP contribution >= 0.6 is 11.3 Å². The summed E-state index contributed by atoms with van der Waals surface area (Å²) < 4.78 is 5.72. The Morgan fingerprint density at radius 3 is 2.72 bits per heavy atom. The van der Waals surface area contributed by atoms with E-state index >= 15 is 0 Å². The van der Waals surface area contributed by atoms with Crippen LogP contribution in [0.5, 0.6) is 5.75 Å². The van der Waals surface area contributed by atoms with Crippen LogP contribution in [0.15, 0.2) is 41.8 Å². The third kappa shape index (κ3) is 4.74. The van der Waals surface area contributed by atoms with Gasteiger partial charge in [0.15, 0.2) is 0 Å². The molecule has 2 amide bonds. The number of aliphatic hydroxyl groups is 1. The van der Waals surface area contributed by atoms with Gasteiger partial charge >= 0.3 is 6.03 Å². The zero-order valence-electron chi connectivity index (χ0n) is 14.4. The number of nitrogens with one attached hydrogen (secondary N) is 1. The number of aliphatic hydroxyl groups excluding tert-OH is 1. The lowest BCUT2D eigenvalue weighted by molar-refractivity contribution is 0.0494. The van der Waals surface area contributed by atoms with Gasteiger partial charge in [-0.15, -0.1) is 11.3 Å². The Hall–Kier alpha value is -2.05. The van der Waals surface area contributed by atoms with E-state index in [4.69, 9.17) is 4.74 Å². The van der Waals surface area contributed by atoms with Crippen LogP contribution in [-0.4, -0.2) is 35.2 Å². The highest BCUT2D eigenvalue weighted by Gasteiger charge is 2.29. The van der Waals surface area contributed by atoms with Crippen LogP contribution in [0.25, 0.3) is 0 Å². The smallest absolute Gasteiger partial charge is 0.321 e. The molecule has 1 heterocycles. The first-order valence-corrected chi connectivity index (χ1v) is 9.48. The Morgan fingerprint density at radius 1 is 1.28 bits per heavy atom. The molecule has 5 nitrogen and oxygen atoms in total. The fourth-order valence-electron chi connectivity index (χ4n) is 3.09.